The van der Waals surface area contributed by atoms with E-state index in [2.05, 4.69) is 10.6 Å². The number of anilines is 2. The van der Waals surface area contributed by atoms with Crippen molar-refractivity contribution in [3.63, 3.8) is 0 Å². The number of benzene rings is 2. The molecule has 0 bridgehead atoms. The van der Waals surface area contributed by atoms with Gasteiger partial charge in [0.15, 0.2) is 6.61 Å². The first kappa shape index (κ1) is 18.8. The molecule has 0 unspecified atom stereocenters. The van der Waals surface area contributed by atoms with E-state index in [0.29, 0.717) is 22.7 Å². The third kappa shape index (κ3) is 5.52. The van der Waals surface area contributed by atoms with E-state index in [0.717, 1.165) is 0 Å². The molecule has 0 aliphatic rings. The molecule has 2 rings (SSSR count). The van der Waals surface area contributed by atoms with E-state index in [-0.39, 0.29) is 18.4 Å². The van der Waals surface area contributed by atoms with Gasteiger partial charge in [-0.25, -0.2) is 4.79 Å². The molecular formula is C18H20N4O4. The molecule has 136 valence electrons. The van der Waals surface area contributed by atoms with Gasteiger partial charge in [-0.2, -0.15) is 0 Å². The highest BCUT2D eigenvalue weighted by Gasteiger charge is 2.10. The van der Waals surface area contributed by atoms with E-state index >= 15 is 0 Å². The maximum atomic E-state index is 12.4. The predicted octanol–water partition coefficient (Wildman–Crippen LogP) is 1.90. The summed E-state index contributed by atoms with van der Waals surface area (Å²) in [6, 6.07) is 12.4. The average molecular weight is 356 g/mol. The molecule has 0 heterocycles. The highest BCUT2D eigenvalue weighted by atomic mass is 16.5. The lowest BCUT2D eigenvalue weighted by Crippen LogP contribution is -2.27. The lowest BCUT2D eigenvalue weighted by atomic mass is 10.2. The molecule has 2 aromatic carbocycles. The van der Waals surface area contributed by atoms with Crippen molar-refractivity contribution in [3.8, 4) is 5.75 Å². The van der Waals surface area contributed by atoms with Crippen LogP contribution in [0.1, 0.15) is 10.4 Å². The number of amides is 4. The van der Waals surface area contributed by atoms with Gasteiger partial charge in [-0.1, -0.05) is 12.1 Å². The molecule has 4 amide bonds. The summed E-state index contributed by atoms with van der Waals surface area (Å²) in [6.45, 7) is -0.112. The zero-order chi connectivity index (χ0) is 19.1. The number of ether oxygens (including phenoxy) is 1. The molecule has 0 spiro atoms. The highest BCUT2D eigenvalue weighted by Crippen LogP contribution is 2.18. The van der Waals surface area contributed by atoms with Crippen LogP contribution >= 0.6 is 0 Å². The second-order valence-electron chi connectivity index (χ2n) is 5.63. The van der Waals surface area contributed by atoms with Gasteiger partial charge in [0, 0.05) is 31.0 Å². The number of hydrogen-bond acceptors (Lipinski definition) is 4. The first-order chi connectivity index (χ1) is 12.3. The van der Waals surface area contributed by atoms with Gasteiger partial charge in [-0.15, -0.1) is 0 Å². The molecular weight excluding hydrogens is 336 g/mol. The Labute approximate surface area is 150 Å². The third-order valence-corrected chi connectivity index (χ3v) is 3.35. The van der Waals surface area contributed by atoms with E-state index in [1.165, 1.54) is 4.90 Å². The first-order valence-electron chi connectivity index (χ1n) is 7.76. The molecule has 0 radical (unpaired) electrons. The zero-order valence-corrected chi connectivity index (χ0v) is 14.5. The average Bonchev–Trinajstić information content (AvgIpc) is 2.59. The monoisotopic (exact) mass is 356 g/mol. The standard InChI is InChI=1S/C18H20N4O4/c1-22(2)16(23)11-26-15-8-3-5-12(9-15)17(24)20-13-6-4-7-14(10-13)21-18(19)25/h3-10H,11H2,1-2H3,(H,20,24)(H3,19,21,25). The number of carbonyl (C=O) groups excluding carboxylic acids is 3. The second kappa shape index (κ2) is 8.52. The van der Waals surface area contributed by atoms with Crippen LogP contribution in [0.5, 0.6) is 5.75 Å². The Hall–Kier alpha value is -3.55. The molecule has 8 nitrogen and oxygen atoms in total. The Morgan fingerprint density at radius 3 is 2.31 bits per heavy atom. The molecule has 0 aromatic heterocycles. The van der Waals surface area contributed by atoms with Crippen LogP contribution in [-0.4, -0.2) is 43.4 Å². The fraction of sp³-hybridized carbons (Fsp3) is 0.167. The Morgan fingerprint density at radius 2 is 1.65 bits per heavy atom. The van der Waals surface area contributed by atoms with Gasteiger partial charge >= 0.3 is 6.03 Å². The van der Waals surface area contributed by atoms with Crippen LogP contribution in [-0.2, 0) is 4.79 Å². The molecule has 8 heteroatoms. The SMILES string of the molecule is CN(C)C(=O)COc1cccc(C(=O)Nc2cccc(NC(N)=O)c2)c1. The van der Waals surface area contributed by atoms with Crippen molar-refractivity contribution in [3.05, 3.63) is 54.1 Å². The van der Waals surface area contributed by atoms with Gasteiger partial charge < -0.3 is 26.0 Å². The third-order valence-electron chi connectivity index (χ3n) is 3.35. The van der Waals surface area contributed by atoms with Crippen LogP contribution in [0.25, 0.3) is 0 Å². The minimum absolute atomic E-state index is 0.112. The number of urea groups is 1. The molecule has 0 atom stereocenters. The van der Waals surface area contributed by atoms with Crippen LogP contribution in [0.15, 0.2) is 48.5 Å². The smallest absolute Gasteiger partial charge is 0.316 e. The lowest BCUT2D eigenvalue weighted by Gasteiger charge is -2.12. The van der Waals surface area contributed by atoms with Crippen LogP contribution in [0.4, 0.5) is 16.2 Å². The maximum Gasteiger partial charge on any atom is 0.316 e. The first-order valence-corrected chi connectivity index (χ1v) is 7.76. The second-order valence-corrected chi connectivity index (χ2v) is 5.63. The molecule has 0 saturated heterocycles. The lowest BCUT2D eigenvalue weighted by molar-refractivity contribution is -0.130. The number of primary amides is 1. The number of nitrogens with zero attached hydrogens (tertiary/aromatic N) is 1. The number of carbonyl (C=O) groups is 3. The number of rotatable bonds is 6. The van der Waals surface area contributed by atoms with Crippen LogP contribution in [0.2, 0.25) is 0 Å². The van der Waals surface area contributed by atoms with Gasteiger partial charge in [0.1, 0.15) is 5.75 Å². The molecule has 0 aliphatic carbocycles. The fourth-order valence-corrected chi connectivity index (χ4v) is 2.02. The van der Waals surface area contributed by atoms with Crippen molar-refractivity contribution in [2.75, 3.05) is 31.3 Å². The minimum Gasteiger partial charge on any atom is -0.484 e. The maximum absolute atomic E-state index is 12.4. The number of nitrogens with two attached hydrogens (primary N) is 1. The summed E-state index contributed by atoms with van der Waals surface area (Å²) in [4.78, 5) is 36.3. The van der Waals surface area contributed by atoms with Crippen LogP contribution in [0, 0.1) is 0 Å². The van der Waals surface area contributed by atoms with E-state index in [1.54, 1.807) is 62.6 Å². The Morgan fingerprint density at radius 1 is 1.00 bits per heavy atom. The largest absolute Gasteiger partial charge is 0.484 e. The Bertz CT molecular complexity index is 820. The summed E-state index contributed by atoms with van der Waals surface area (Å²) < 4.78 is 5.40. The fourth-order valence-electron chi connectivity index (χ4n) is 2.02. The minimum atomic E-state index is -0.689. The summed E-state index contributed by atoms with van der Waals surface area (Å²) in [5.74, 6) is -0.124. The van der Waals surface area contributed by atoms with E-state index in [9.17, 15) is 14.4 Å². The van der Waals surface area contributed by atoms with Crippen molar-refractivity contribution in [2.24, 2.45) is 5.73 Å². The van der Waals surface area contributed by atoms with Gasteiger partial charge in [0.25, 0.3) is 11.8 Å². The molecule has 0 saturated carbocycles. The van der Waals surface area contributed by atoms with Gasteiger partial charge in [0.05, 0.1) is 0 Å². The molecule has 4 N–H and O–H groups in total. The van der Waals surface area contributed by atoms with Gasteiger partial charge in [-0.05, 0) is 36.4 Å². The van der Waals surface area contributed by atoms with Crippen molar-refractivity contribution in [2.45, 2.75) is 0 Å². The summed E-state index contributed by atoms with van der Waals surface area (Å²) in [5.41, 5.74) is 6.41. The van der Waals surface area contributed by atoms with Gasteiger partial charge in [-0.3, -0.25) is 9.59 Å². The quantitative estimate of drug-likeness (QED) is 0.733. The Balaban J connectivity index is 2.04. The number of hydrogen-bond donors (Lipinski definition) is 3. The predicted molar refractivity (Wildman–Crippen MR) is 98.2 cm³/mol. The van der Waals surface area contributed by atoms with Crippen molar-refractivity contribution in [1.29, 1.82) is 0 Å². The number of likely N-dealkylation sites (N-methyl/N-ethyl adjacent to an activating group) is 1. The summed E-state index contributed by atoms with van der Waals surface area (Å²) in [5, 5.41) is 5.16. The van der Waals surface area contributed by atoms with E-state index < -0.39 is 6.03 Å². The molecule has 26 heavy (non-hydrogen) atoms. The molecule has 0 fully saturated rings. The highest BCUT2D eigenvalue weighted by molar-refractivity contribution is 6.04. The van der Waals surface area contributed by atoms with E-state index in [4.69, 9.17) is 10.5 Å². The normalized spacial score (nSPS) is 9.92. The molecule has 0 aliphatic heterocycles. The Kier molecular flexibility index (Phi) is 6.15. The topological polar surface area (TPSA) is 114 Å². The van der Waals surface area contributed by atoms with Crippen molar-refractivity contribution in [1.82, 2.24) is 4.90 Å². The zero-order valence-electron chi connectivity index (χ0n) is 14.5. The van der Waals surface area contributed by atoms with Crippen LogP contribution in [0.3, 0.4) is 0 Å². The summed E-state index contributed by atoms with van der Waals surface area (Å²) in [7, 11) is 3.27. The van der Waals surface area contributed by atoms with Crippen molar-refractivity contribution < 1.29 is 19.1 Å². The van der Waals surface area contributed by atoms with Crippen molar-refractivity contribution >= 4 is 29.2 Å². The summed E-state index contributed by atoms with van der Waals surface area (Å²) >= 11 is 0. The van der Waals surface area contributed by atoms with E-state index in [1.807, 2.05) is 0 Å². The number of nitrogens with one attached hydrogen (secondary N) is 2. The van der Waals surface area contributed by atoms with Gasteiger partial charge in [0.2, 0.25) is 0 Å². The summed E-state index contributed by atoms with van der Waals surface area (Å²) in [6.07, 6.45) is 0. The molecule has 2 aromatic rings. The van der Waals surface area contributed by atoms with Crippen LogP contribution < -0.4 is 21.1 Å².